The molecule has 21 heavy (non-hydrogen) atoms. The highest BCUT2D eigenvalue weighted by molar-refractivity contribution is 6.40. The molecule has 0 saturated heterocycles. The molecule has 126 valence electrons. The highest BCUT2D eigenvalue weighted by atomic mass is 19.1. The van der Waals surface area contributed by atoms with Crippen molar-refractivity contribution in [2.75, 3.05) is 0 Å². The molecule has 0 unspecified atom stereocenters. The first-order valence-corrected chi connectivity index (χ1v) is 7.95. The zero-order valence-corrected chi connectivity index (χ0v) is 16.4. The topological polar surface area (TPSA) is 21.3 Å². The van der Waals surface area contributed by atoms with Gasteiger partial charge in [-0.15, -0.1) is 0 Å². The van der Waals surface area contributed by atoms with E-state index in [9.17, 15) is 4.32 Å². The largest absolute Gasteiger partial charge is 0.595 e. The molecule has 0 aliphatic heterocycles. The second kappa shape index (κ2) is 5.84. The van der Waals surface area contributed by atoms with Crippen molar-refractivity contribution >= 4 is 7.33 Å². The molecule has 0 amide bonds. The molecule has 0 bridgehead atoms. The van der Waals surface area contributed by atoms with Crippen LogP contribution >= 0.6 is 0 Å². The number of halogens is 1. The zero-order valence-electron chi connectivity index (χ0n) is 16.4. The minimum atomic E-state index is -1.50. The lowest BCUT2D eigenvalue weighted by atomic mass is 9.52. The fourth-order valence-corrected chi connectivity index (χ4v) is 4.43. The molecule has 2 nitrogen and oxygen atoms in total. The third-order valence-corrected chi connectivity index (χ3v) is 4.00. The Morgan fingerprint density at radius 1 is 0.667 bits per heavy atom. The lowest BCUT2D eigenvalue weighted by Gasteiger charge is -2.61. The van der Waals surface area contributed by atoms with Gasteiger partial charge in [0.15, 0.2) is 0 Å². The molecule has 0 aromatic rings. The summed E-state index contributed by atoms with van der Waals surface area (Å²) in [7, 11) is -1.50. The normalized spacial score (nSPS) is 15.3. The summed E-state index contributed by atoms with van der Waals surface area (Å²) < 4.78 is 20.8. The van der Waals surface area contributed by atoms with E-state index in [1.165, 1.54) is 0 Å². The molecule has 0 aliphatic rings. The highest BCUT2D eigenvalue weighted by Gasteiger charge is 2.60. The molecule has 0 heterocycles. The second-order valence-electron chi connectivity index (χ2n) is 10.3. The summed E-state index contributed by atoms with van der Waals surface area (Å²) in [6.45, 7) is 25.0. The summed E-state index contributed by atoms with van der Waals surface area (Å²) in [5, 5.41) is 2.90. The average Bonchev–Trinajstić information content (AvgIpc) is 2.04. The minimum Gasteiger partial charge on any atom is -0.387 e. The Balaban J connectivity index is 5.85. The van der Waals surface area contributed by atoms with Gasteiger partial charge in [-0.3, -0.25) is 9.54 Å². The van der Waals surface area contributed by atoms with Crippen molar-refractivity contribution in [2.45, 2.75) is 94.2 Å². The van der Waals surface area contributed by atoms with Crippen LogP contribution in [0.15, 0.2) is 0 Å². The van der Waals surface area contributed by atoms with E-state index in [0.717, 1.165) is 0 Å². The molecule has 0 spiro atoms. The molecule has 0 fully saturated rings. The summed E-state index contributed by atoms with van der Waals surface area (Å²) in [6, 6.07) is 0. The van der Waals surface area contributed by atoms with E-state index in [2.05, 4.69) is 67.5 Å². The van der Waals surface area contributed by atoms with Crippen LogP contribution < -0.4 is 5.23 Å². The van der Waals surface area contributed by atoms with Crippen molar-refractivity contribution < 1.29 is 8.97 Å². The predicted molar refractivity (Wildman–Crippen MR) is 91.9 cm³/mol. The molecule has 1 N–H and O–H groups in total. The Hall–Kier alpha value is -0.0851. The standard InChI is InChI=1S/C17H37BFNO/c1-13(2,3)17(14(4,5)6,15(7,8)9)21-18(19)20-16(10,11)12/h20H,1-12H3. The van der Waals surface area contributed by atoms with Crippen LogP contribution in [0.1, 0.15) is 83.1 Å². The van der Waals surface area contributed by atoms with E-state index in [0.29, 0.717) is 0 Å². The molecule has 0 aromatic heterocycles. The van der Waals surface area contributed by atoms with Crippen molar-refractivity contribution in [1.29, 1.82) is 0 Å². The van der Waals surface area contributed by atoms with Crippen molar-refractivity contribution in [2.24, 2.45) is 16.2 Å². The van der Waals surface area contributed by atoms with E-state index in [1.807, 2.05) is 20.8 Å². The van der Waals surface area contributed by atoms with Gasteiger partial charge in [-0.25, -0.2) is 0 Å². The first-order valence-electron chi connectivity index (χ1n) is 7.95. The Bertz CT molecular complexity index is 306. The maximum atomic E-state index is 14.7. The van der Waals surface area contributed by atoms with E-state index >= 15 is 0 Å². The fourth-order valence-electron chi connectivity index (χ4n) is 4.43. The molecule has 0 atom stereocenters. The fraction of sp³-hybridized carbons (Fsp3) is 1.00. The smallest absolute Gasteiger partial charge is 0.387 e. The van der Waals surface area contributed by atoms with Crippen LogP contribution in [-0.4, -0.2) is 18.5 Å². The Morgan fingerprint density at radius 2 is 0.952 bits per heavy atom. The first kappa shape index (κ1) is 20.9. The molecule has 0 saturated carbocycles. The van der Waals surface area contributed by atoms with Gasteiger partial charge in [0.1, 0.15) is 0 Å². The number of rotatable bonds is 3. The quantitative estimate of drug-likeness (QED) is 0.721. The van der Waals surface area contributed by atoms with Gasteiger partial charge in [-0.05, 0) is 37.0 Å². The summed E-state index contributed by atoms with van der Waals surface area (Å²) in [5.41, 5.74) is -1.61. The van der Waals surface area contributed by atoms with Crippen LogP contribution in [0.5, 0.6) is 0 Å². The van der Waals surface area contributed by atoms with E-state index in [-0.39, 0.29) is 21.8 Å². The van der Waals surface area contributed by atoms with E-state index < -0.39 is 12.9 Å². The van der Waals surface area contributed by atoms with Gasteiger partial charge in [-0.2, -0.15) is 0 Å². The molecule has 0 aromatic carbocycles. The van der Waals surface area contributed by atoms with Gasteiger partial charge >= 0.3 is 7.33 Å². The number of hydrogen-bond donors (Lipinski definition) is 1. The molecule has 0 radical (unpaired) electrons. The van der Waals surface area contributed by atoms with Crippen molar-refractivity contribution in [3.05, 3.63) is 0 Å². The lowest BCUT2D eigenvalue weighted by Crippen LogP contribution is -2.66. The average molecular weight is 301 g/mol. The Morgan fingerprint density at radius 3 is 1.14 bits per heavy atom. The lowest BCUT2D eigenvalue weighted by molar-refractivity contribution is -0.192. The molecule has 4 heteroatoms. The van der Waals surface area contributed by atoms with Crippen LogP contribution in [0.4, 0.5) is 4.32 Å². The third-order valence-electron chi connectivity index (χ3n) is 4.00. The van der Waals surface area contributed by atoms with Crippen molar-refractivity contribution in [1.82, 2.24) is 5.23 Å². The summed E-state index contributed by atoms with van der Waals surface area (Å²) in [6.07, 6.45) is 0. The molecule has 0 rings (SSSR count). The monoisotopic (exact) mass is 301 g/mol. The van der Waals surface area contributed by atoms with Gasteiger partial charge in [0.2, 0.25) is 0 Å². The van der Waals surface area contributed by atoms with Crippen molar-refractivity contribution in [3.63, 3.8) is 0 Å². The molecular weight excluding hydrogens is 264 g/mol. The van der Waals surface area contributed by atoms with E-state index in [4.69, 9.17) is 4.65 Å². The molecule has 0 aliphatic carbocycles. The summed E-state index contributed by atoms with van der Waals surface area (Å²) >= 11 is 0. The second-order valence-corrected chi connectivity index (χ2v) is 10.3. The van der Waals surface area contributed by atoms with Gasteiger partial charge in [0.05, 0.1) is 5.60 Å². The maximum Gasteiger partial charge on any atom is 0.595 e. The van der Waals surface area contributed by atoms with E-state index in [1.54, 1.807) is 0 Å². The van der Waals surface area contributed by atoms with Crippen LogP contribution in [0.25, 0.3) is 0 Å². The highest BCUT2D eigenvalue weighted by Crippen LogP contribution is 2.56. The number of hydrogen-bond acceptors (Lipinski definition) is 2. The van der Waals surface area contributed by atoms with Crippen LogP contribution in [0.2, 0.25) is 0 Å². The van der Waals surface area contributed by atoms with Gasteiger partial charge in [0.25, 0.3) is 0 Å². The Labute approximate surface area is 132 Å². The van der Waals surface area contributed by atoms with Crippen molar-refractivity contribution in [3.8, 4) is 0 Å². The Kier molecular flexibility index (Phi) is 5.82. The summed E-state index contributed by atoms with van der Waals surface area (Å²) in [5.74, 6) is 0. The number of nitrogens with one attached hydrogen (secondary N) is 1. The maximum absolute atomic E-state index is 14.7. The predicted octanol–water partition coefficient (Wildman–Crippen LogP) is 5.22. The summed E-state index contributed by atoms with van der Waals surface area (Å²) in [4.78, 5) is 0. The van der Waals surface area contributed by atoms with Gasteiger partial charge in [-0.1, -0.05) is 62.3 Å². The zero-order chi connectivity index (χ0) is 17.5. The molecular formula is C17H37BFNO. The van der Waals surface area contributed by atoms with Crippen LogP contribution in [0.3, 0.4) is 0 Å². The third kappa shape index (κ3) is 4.69. The minimum absolute atomic E-state index is 0.215. The van der Waals surface area contributed by atoms with Crippen LogP contribution in [-0.2, 0) is 4.65 Å². The first-order chi connectivity index (χ1) is 8.85. The van der Waals surface area contributed by atoms with Gasteiger partial charge < -0.3 is 4.65 Å². The SMILES string of the molecule is CC(C)(C)NB(F)OC(C(C)(C)C)(C(C)(C)C)C(C)(C)C. The van der Waals surface area contributed by atoms with Gasteiger partial charge in [0, 0.05) is 5.54 Å². The van der Waals surface area contributed by atoms with Crippen LogP contribution in [0, 0.1) is 16.2 Å².